The van der Waals surface area contributed by atoms with Crippen LogP contribution in [0.1, 0.15) is 33.7 Å². The van der Waals surface area contributed by atoms with E-state index in [2.05, 4.69) is 176 Å². The molecule has 4 aliphatic rings. The van der Waals surface area contributed by atoms with Gasteiger partial charge in [-0.1, -0.05) is 24.3 Å². The van der Waals surface area contributed by atoms with Gasteiger partial charge in [0, 0.05) is 0 Å². The number of para-hydroxylation sites is 2. The molecule has 0 radical (unpaired) electrons. The molecular formula is C51H36IN4-. The quantitative estimate of drug-likeness (QED) is 0.122. The van der Waals surface area contributed by atoms with Crippen LogP contribution in [-0.4, -0.2) is 21.7 Å². The van der Waals surface area contributed by atoms with Gasteiger partial charge in [-0.3, -0.25) is 0 Å². The van der Waals surface area contributed by atoms with Crippen LogP contribution in [0.5, 0.6) is 0 Å². The molecule has 2 atom stereocenters. The number of anilines is 2. The van der Waals surface area contributed by atoms with Crippen LogP contribution >= 0.6 is 0 Å². The minimum absolute atomic E-state index is 0.150. The number of benzene rings is 7. The Bertz CT molecular complexity index is 2900. The minimum atomic E-state index is -0.446. The summed E-state index contributed by atoms with van der Waals surface area (Å²) in [6.45, 7) is 2.11. The van der Waals surface area contributed by atoms with Crippen LogP contribution in [0.25, 0.3) is 21.9 Å². The van der Waals surface area contributed by atoms with Crippen LogP contribution in [0.4, 0.5) is 28.4 Å². The van der Waals surface area contributed by atoms with Crippen molar-refractivity contribution in [3.8, 4) is 11.1 Å². The molecule has 3 aliphatic heterocycles. The molecule has 0 fully saturated rings. The SMILES string of the molecule is Cc1ccccc1N=CC1=CC2c3cc(C4=Nc5ccc(-c6ccc7ccccc7c6)cc5[I-]4)ccc3N(c3ccc(C4=Nc5ccccc5C4)cc3)[C@@H]2C=C1. The van der Waals surface area contributed by atoms with Crippen molar-refractivity contribution in [3.05, 3.63) is 207 Å². The van der Waals surface area contributed by atoms with E-state index in [-0.39, 0.29) is 12.0 Å². The Hall–Kier alpha value is -6.18. The second kappa shape index (κ2) is 13.5. The summed E-state index contributed by atoms with van der Waals surface area (Å²) in [5.74, 6) is 0.170. The van der Waals surface area contributed by atoms with Gasteiger partial charge < -0.3 is 0 Å². The van der Waals surface area contributed by atoms with Crippen LogP contribution in [0.15, 0.2) is 190 Å². The predicted octanol–water partition coefficient (Wildman–Crippen LogP) is 9.35. The molecule has 0 bridgehead atoms. The Kier molecular flexibility index (Phi) is 8.02. The van der Waals surface area contributed by atoms with Gasteiger partial charge >= 0.3 is 298 Å². The Labute approximate surface area is 337 Å². The standard InChI is InChI=1S/C51H36IN4/c1-32-8-2-6-12-45(32)53-31-33-14-24-49-42(26-33)43-28-40(51-52-44-29-38(19-23-47(44)55-51)37-16-15-34-9-3-4-10-36(34)27-37)20-25-50(43)56(49)41-21-17-35(18-22-41)48-30-39-11-5-7-13-46(39)54-48/h2-29,31,42,49H,30H2,1H3/q-1/t42?,49-/m1/s1. The van der Waals surface area contributed by atoms with Crippen molar-refractivity contribution in [1.82, 2.24) is 0 Å². The van der Waals surface area contributed by atoms with Crippen molar-refractivity contribution in [1.29, 1.82) is 0 Å². The molecule has 1 aliphatic carbocycles. The summed E-state index contributed by atoms with van der Waals surface area (Å²) in [4.78, 5) is 17.6. The average Bonchev–Trinajstić information content (AvgIpc) is 3.97. The Morgan fingerprint density at radius 3 is 2.34 bits per heavy atom. The average molecular weight is 832 g/mol. The van der Waals surface area contributed by atoms with Crippen LogP contribution in [0.2, 0.25) is 0 Å². The summed E-state index contributed by atoms with van der Waals surface area (Å²) in [7, 11) is 0. The molecular weight excluding hydrogens is 795 g/mol. The maximum absolute atomic E-state index is 5.25. The van der Waals surface area contributed by atoms with Gasteiger partial charge in [0.2, 0.25) is 0 Å². The van der Waals surface area contributed by atoms with Crippen LogP contribution in [0.3, 0.4) is 0 Å². The third-order valence-corrected chi connectivity index (χ3v) is 14.2. The molecule has 0 saturated heterocycles. The van der Waals surface area contributed by atoms with E-state index in [1.54, 1.807) is 0 Å². The first-order valence-electron chi connectivity index (χ1n) is 19.2. The molecule has 11 rings (SSSR count). The number of halogens is 1. The van der Waals surface area contributed by atoms with E-state index in [1.807, 2.05) is 12.3 Å². The first kappa shape index (κ1) is 33.2. The molecule has 0 spiro atoms. The molecule has 0 saturated carbocycles. The van der Waals surface area contributed by atoms with Crippen molar-refractivity contribution in [3.63, 3.8) is 0 Å². The Balaban J connectivity index is 0.923. The Morgan fingerprint density at radius 2 is 1.45 bits per heavy atom. The summed E-state index contributed by atoms with van der Waals surface area (Å²) in [5.41, 5.74) is 16.6. The van der Waals surface area contributed by atoms with Gasteiger partial charge in [-0.05, 0) is 11.6 Å². The second-order valence-corrected chi connectivity index (χ2v) is 17.6. The van der Waals surface area contributed by atoms with E-state index in [4.69, 9.17) is 15.0 Å². The fraction of sp³-hybridized carbons (Fsp3) is 0.0784. The fourth-order valence-electron chi connectivity index (χ4n) is 8.47. The van der Waals surface area contributed by atoms with Gasteiger partial charge in [0.25, 0.3) is 0 Å². The number of nitrogens with zero attached hydrogens (tertiary/aromatic N) is 4. The number of allylic oxidation sites excluding steroid dienone is 2. The van der Waals surface area contributed by atoms with Crippen molar-refractivity contribution in [2.45, 2.75) is 25.3 Å². The summed E-state index contributed by atoms with van der Waals surface area (Å²) < 4.78 is 2.61. The fourth-order valence-corrected chi connectivity index (χ4v) is 11.1. The topological polar surface area (TPSA) is 40.3 Å². The van der Waals surface area contributed by atoms with Crippen molar-refractivity contribution < 1.29 is 21.2 Å². The van der Waals surface area contributed by atoms with Crippen molar-refractivity contribution in [2.24, 2.45) is 15.0 Å². The van der Waals surface area contributed by atoms with E-state index in [1.165, 1.54) is 68.4 Å². The summed E-state index contributed by atoms with van der Waals surface area (Å²) >= 11 is -0.446. The molecule has 1 unspecified atom stereocenters. The van der Waals surface area contributed by atoms with Crippen molar-refractivity contribution in [2.75, 3.05) is 4.90 Å². The molecule has 56 heavy (non-hydrogen) atoms. The number of aliphatic imine (C=N–C) groups is 3. The van der Waals surface area contributed by atoms with E-state index in [0.29, 0.717) is 0 Å². The zero-order chi connectivity index (χ0) is 37.2. The van der Waals surface area contributed by atoms with Crippen molar-refractivity contribution >= 4 is 54.9 Å². The van der Waals surface area contributed by atoms with Gasteiger partial charge in [0.1, 0.15) is 0 Å². The number of hydrogen-bond acceptors (Lipinski definition) is 4. The van der Waals surface area contributed by atoms with Crippen LogP contribution in [0, 0.1) is 10.5 Å². The van der Waals surface area contributed by atoms with Gasteiger partial charge in [-0.15, -0.1) is 0 Å². The predicted molar refractivity (Wildman–Crippen MR) is 229 cm³/mol. The third kappa shape index (κ3) is 5.85. The van der Waals surface area contributed by atoms with E-state index >= 15 is 0 Å². The van der Waals surface area contributed by atoms with Crippen LogP contribution < -0.4 is 26.1 Å². The first-order chi connectivity index (χ1) is 27.6. The number of fused-ring (bicyclic) bond motifs is 6. The van der Waals surface area contributed by atoms with E-state index < -0.39 is 21.2 Å². The molecule has 0 aromatic heterocycles. The van der Waals surface area contributed by atoms with Gasteiger partial charge in [0.15, 0.2) is 0 Å². The second-order valence-electron chi connectivity index (χ2n) is 14.9. The molecule has 3 heterocycles. The normalized spacial score (nSPS) is 17.9. The Morgan fingerprint density at radius 1 is 0.679 bits per heavy atom. The monoisotopic (exact) mass is 831 g/mol. The van der Waals surface area contributed by atoms with E-state index in [9.17, 15) is 0 Å². The molecule has 7 aromatic carbocycles. The molecule has 0 amide bonds. The number of rotatable bonds is 6. The van der Waals surface area contributed by atoms with Gasteiger partial charge in [-0.25, -0.2) is 0 Å². The molecule has 268 valence electrons. The molecule has 4 nitrogen and oxygen atoms in total. The molecule has 0 N–H and O–H groups in total. The van der Waals surface area contributed by atoms with Crippen LogP contribution in [-0.2, 0) is 6.42 Å². The number of aryl methyl sites for hydroxylation is 1. The number of hydrogen-bond donors (Lipinski definition) is 0. The summed E-state index contributed by atoms with van der Waals surface area (Å²) in [6, 6.07) is 55.1. The van der Waals surface area contributed by atoms with Gasteiger partial charge in [0.05, 0.1) is 5.69 Å². The molecule has 7 aromatic rings. The van der Waals surface area contributed by atoms with E-state index in [0.717, 1.165) is 34.8 Å². The maximum atomic E-state index is 5.25. The zero-order valence-electron chi connectivity index (χ0n) is 30.8. The first-order valence-corrected chi connectivity index (χ1v) is 21.3. The summed E-state index contributed by atoms with van der Waals surface area (Å²) in [5, 5.41) is 2.54. The van der Waals surface area contributed by atoms with Gasteiger partial charge in [-0.2, -0.15) is 0 Å². The third-order valence-electron chi connectivity index (χ3n) is 11.4. The molecule has 5 heteroatoms. The zero-order valence-corrected chi connectivity index (χ0v) is 32.9. The summed E-state index contributed by atoms with van der Waals surface area (Å²) in [6.07, 6.45) is 9.89.